The van der Waals surface area contributed by atoms with Crippen molar-refractivity contribution < 1.29 is 24.0 Å². The fourth-order valence-corrected chi connectivity index (χ4v) is 2.32. The van der Waals surface area contributed by atoms with E-state index < -0.39 is 41.0 Å². The fraction of sp³-hybridized carbons (Fsp3) is 0.429. The van der Waals surface area contributed by atoms with E-state index in [1.54, 1.807) is 30.3 Å². The van der Waals surface area contributed by atoms with Gasteiger partial charge in [-0.25, -0.2) is 0 Å². The second-order valence-electron chi connectivity index (χ2n) is 5.25. The highest BCUT2D eigenvalue weighted by Crippen LogP contribution is 2.33. The first-order valence-corrected chi connectivity index (χ1v) is 6.42. The third-order valence-electron chi connectivity index (χ3n) is 3.18. The van der Waals surface area contributed by atoms with Crippen LogP contribution >= 0.6 is 0 Å². The fourth-order valence-electron chi connectivity index (χ4n) is 2.32. The molecule has 7 heteroatoms. The van der Waals surface area contributed by atoms with Gasteiger partial charge in [0.1, 0.15) is 0 Å². The minimum absolute atomic E-state index is 0.521. The number of esters is 2. The summed E-state index contributed by atoms with van der Waals surface area (Å²) in [7, 11) is 0. The maximum absolute atomic E-state index is 12.1. The molecule has 1 atom stereocenters. The highest BCUT2D eigenvalue weighted by molar-refractivity contribution is 5.97. The van der Waals surface area contributed by atoms with Crippen LogP contribution < -0.4 is 0 Å². The lowest BCUT2D eigenvalue weighted by Crippen LogP contribution is -2.49. The molecular weight excluding hydrogens is 278 g/mol. The van der Waals surface area contributed by atoms with Crippen molar-refractivity contribution in [3.63, 3.8) is 0 Å². The number of carbonyl (C=O) groups is 2. The summed E-state index contributed by atoms with van der Waals surface area (Å²) < 4.78 is 10.1. The number of rotatable bonds is 4. The van der Waals surface area contributed by atoms with E-state index in [0.717, 1.165) is 0 Å². The van der Waals surface area contributed by atoms with E-state index in [1.807, 2.05) is 0 Å². The highest BCUT2D eigenvalue weighted by Gasteiger charge is 2.49. The third-order valence-corrected chi connectivity index (χ3v) is 3.18. The van der Waals surface area contributed by atoms with Crippen LogP contribution in [-0.2, 0) is 19.1 Å². The SMILES string of the molecule is CC1(C)OC(=O)C([C@@H](C[N+](=O)[O-])c2ccccc2)C(=O)O1. The van der Waals surface area contributed by atoms with E-state index in [9.17, 15) is 19.7 Å². The minimum Gasteiger partial charge on any atom is -0.422 e. The predicted molar refractivity (Wildman–Crippen MR) is 70.8 cm³/mol. The van der Waals surface area contributed by atoms with Crippen molar-refractivity contribution in [2.24, 2.45) is 5.92 Å². The monoisotopic (exact) mass is 293 g/mol. The van der Waals surface area contributed by atoms with Gasteiger partial charge in [0.05, 0.1) is 5.92 Å². The Bertz CT molecular complexity index is 548. The zero-order chi connectivity index (χ0) is 15.6. The smallest absolute Gasteiger partial charge is 0.324 e. The summed E-state index contributed by atoms with van der Waals surface area (Å²) in [5.74, 6) is -5.19. The Morgan fingerprint density at radius 3 is 2.19 bits per heavy atom. The van der Waals surface area contributed by atoms with E-state index in [-0.39, 0.29) is 0 Å². The largest absolute Gasteiger partial charge is 0.422 e. The van der Waals surface area contributed by atoms with Gasteiger partial charge in [-0.05, 0) is 5.56 Å². The first kappa shape index (κ1) is 15.0. The number of ether oxygens (including phenoxy) is 2. The van der Waals surface area contributed by atoms with Gasteiger partial charge in [0.15, 0.2) is 5.92 Å². The lowest BCUT2D eigenvalue weighted by atomic mass is 9.85. The first-order chi connectivity index (χ1) is 9.80. The zero-order valence-corrected chi connectivity index (χ0v) is 11.6. The Hall–Kier alpha value is -2.44. The quantitative estimate of drug-likeness (QED) is 0.361. The van der Waals surface area contributed by atoms with Crippen LogP contribution in [0.3, 0.4) is 0 Å². The average molecular weight is 293 g/mol. The van der Waals surface area contributed by atoms with Gasteiger partial charge < -0.3 is 9.47 Å². The summed E-state index contributed by atoms with van der Waals surface area (Å²) in [6, 6.07) is 8.38. The van der Waals surface area contributed by atoms with Crippen LogP contribution in [-0.4, -0.2) is 29.2 Å². The number of nitrogens with zero attached hydrogens (tertiary/aromatic N) is 1. The summed E-state index contributed by atoms with van der Waals surface area (Å²) in [6.07, 6.45) is 0. The highest BCUT2D eigenvalue weighted by atomic mass is 16.7. The second kappa shape index (κ2) is 5.51. The molecule has 7 nitrogen and oxygen atoms in total. The summed E-state index contributed by atoms with van der Waals surface area (Å²) in [5, 5.41) is 10.9. The van der Waals surface area contributed by atoms with Crippen molar-refractivity contribution >= 4 is 11.9 Å². The normalized spacial score (nSPS) is 19.5. The third kappa shape index (κ3) is 3.36. The van der Waals surface area contributed by atoms with E-state index in [2.05, 4.69) is 0 Å². The molecular formula is C14H15NO6. The van der Waals surface area contributed by atoms with E-state index in [4.69, 9.17) is 9.47 Å². The molecule has 0 spiro atoms. The lowest BCUT2D eigenvalue weighted by Gasteiger charge is -2.34. The minimum atomic E-state index is -1.35. The molecule has 0 bridgehead atoms. The van der Waals surface area contributed by atoms with Gasteiger partial charge in [0.2, 0.25) is 6.54 Å². The molecule has 0 unspecified atom stereocenters. The van der Waals surface area contributed by atoms with Crippen molar-refractivity contribution in [2.45, 2.75) is 25.6 Å². The zero-order valence-electron chi connectivity index (χ0n) is 11.6. The van der Waals surface area contributed by atoms with Crippen molar-refractivity contribution in [3.8, 4) is 0 Å². The van der Waals surface area contributed by atoms with Crippen LogP contribution in [0, 0.1) is 16.0 Å². The number of carbonyl (C=O) groups excluding carboxylic acids is 2. The summed E-state index contributed by atoms with van der Waals surface area (Å²) in [6.45, 7) is 2.31. The van der Waals surface area contributed by atoms with Gasteiger partial charge in [-0.3, -0.25) is 19.7 Å². The molecule has 0 N–H and O–H groups in total. The van der Waals surface area contributed by atoms with Gasteiger partial charge in [-0.15, -0.1) is 0 Å². The molecule has 0 amide bonds. The lowest BCUT2D eigenvalue weighted by molar-refractivity contribution is -0.484. The van der Waals surface area contributed by atoms with Gasteiger partial charge in [0, 0.05) is 18.8 Å². The number of benzene rings is 1. The molecule has 0 aliphatic carbocycles. The standard InChI is InChI=1S/C14H15NO6/c1-14(2)20-12(16)11(13(17)21-14)10(8-15(18)19)9-6-4-3-5-7-9/h3-7,10-11H,8H2,1-2H3/t10-/m0/s1. The second-order valence-corrected chi connectivity index (χ2v) is 5.25. The average Bonchev–Trinajstić information content (AvgIpc) is 2.36. The Morgan fingerprint density at radius 1 is 1.19 bits per heavy atom. The summed E-state index contributed by atoms with van der Waals surface area (Å²) in [5.41, 5.74) is 0.521. The van der Waals surface area contributed by atoms with E-state index >= 15 is 0 Å². The molecule has 0 radical (unpaired) electrons. The van der Waals surface area contributed by atoms with Crippen molar-refractivity contribution in [3.05, 3.63) is 46.0 Å². The molecule has 21 heavy (non-hydrogen) atoms. The Morgan fingerprint density at radius 2 is 1.71 bits per heavy atom. The molecule has 2 rings (SSSR count). The van der Waals surface area contributed by atoms with Crippen LogP contribution in [0.1, 0.15) is 25.3 Å². The molecule has 0 aromatic heterocycles. The van der Waals surface area contributed by atoms with Crippen molar-refractivity contribution in [1.82, 2.24) is 0 Å². The van der Waals surface area contributed by atoms with Crippen LogP contribution in [0.4, 0.5) is 0 Å². The van der Waals surface area contributed by atoms with Gasteiger partial charge in [-0.2, -0.15) is 0 Å². The molecule has 112 valence electrons. The van der Waals surface area contributed by atoms with Crippen LogP contribution in [0.25, 0.3) is 0 Å². The van der Waals surface area contributed by atoms with E-state index in [0.29, 0.717) is 5.56 Å². The predicted octanol–water partition coefficient (Wildman–Crippen LogP) is 1.50. The Labute approximate surface area is 121 Å². The Kier molecular flexibility index (Phi) is 3.93. The maximum atomic E-state index is 12.1. The summed E-state index contributed by atoms with van der Waals surface area (Å²) >= 11 is 0. The molecule has 0 saturated carbocycles. The number of nitro groups is 1. The van der Waals surface area contributed by atoms with Crippen LogP contribution in [0.2, 0.25) is 0 Å². The molecule has 1 aromatic rings. The Balaban J connectivity index is 2.35. The molecule has 1 fully saturated rings. The number of cyclic esters (lactones) is 2. The summed E-state index contributed by atoms with van der Waals surface area (Å²) in [4.78, 5) is 34.5. The van der Waals surface area contributed by atoms with Gasteiger partial charge in [0.25, 0.3) is 5.79 Å². The molecule has 1 aliphatic rings. The van der Waals surface area contributed by atoms with Crippen molar-refractivity contribution in [2.75, 3.05) is 6.54 Å². The van der Waals surface area contributed by atoms with Crippen LogP contribution in [0.15, 0.2) is 30.3 Å². The number of hydrogen-bond acceptors (Lipinski definition) is 6. The first-order valence-electron chi connectivity index (χ1n) is 6.42. The molecule has 1 aromatic carbocycles. The molecule has 1 saturated heterocycles. The van der Waals surface area contributed by atoms with E-state index in [1.165, 1.54) is 13.8 Å². The van der Waals surface area contributed by atoms with Crippen molar-refractivity contribution in [1.29, 1.82) is 0 Å². The molecule has 1 heterocycles. The van der Waals surface area contributed by atoms with Gasteiger partial charge >= 0.3 is 11.9 Å². The molecule has 1 aliphatic heterocycles. The maximum Gasteiger partial charge on any atom is 0.324 e. The van der Waals surface area contributed by atoms with Crippen LogP contribution in [0.5, 0.6) is 0 Å². The van der Waals surface area contributed by atoms with Gasteiger partial charge in [-0.1, -0.05) is 30.3 Å². The topological polar surface area (TPSA) is 95.7 Å². The number of hydrogen-bond donors (Lipinski definition) is 0.